The molecular formula is C9H20N2O3S. The third-order valence-electron chi connectivity index (χ3n) is 2.69. The maximum absolute atomic E-state index is 11.9. The van der Waals surface area contributed by atoms with Gasteiger partial charge in [-0.05, 0) is 26.2 Å². The number of aliphatic hydroxyl groups is 1. The summed E-state index contributed by atoms with van der Waals surface area (Å²) in [5.74, 6) is 0. The molecule has 0 aromatic rings. The second-order valence-corrected chi connectivity index (χ2v) is 6.38. The Bertz CT molecular complexity index is 300. The lowest BCUT2D eigenvalue weighted by Gasteiger charge is -2.27. The van der Waals surface area contributed by atoms with Gasteiger partial charge in [0, 0.05) is 26.7 Å². The van der Waals surface area contributed by atoms with Gasteiger partial charge in [-0.1, -0.05) is 0 Å². The van der Waals surface area contributed by atoms with E-state index in [1.54, 1.807) is 6.92 Å². The molecule has 0 spiro atoms. The van der Waals surface area contributed by atoms with E-state index in [-0.39, 0.29) is 6.04 Å². The van der Waals surface area contributed by atoms with Gasteiger partial charge in [0.05, 0.1) is 6.10 Å². The molecule has 90 valence electrons. The Balaban J connectivity index is 2.77. The fraction of sp³-hybridized carbons (Fsp3) is 1.00. The Morgan fingerprint density at radius 3 is 2.60 bits per heavy atom. The van der Waals surface area contributed by atoms with Crippen LogP contribution in [0.3, 0.4) is 0 Å². The monoisotopic (exact) mass is 236 g/mol. The first kappa shape index (κ1) is 12.9. The standard InChI is InChI=1S/C9H20N2O3S/c1-8(12)7-9-5-4-6-11(9)15(13,14)10(2)3/h8-9,12H,4-7H2,1-3H3. The van der Waals surface area contributed by atoms with Crippen molar-refractivity contribution in [2.75, 3.05) is 20.6 Å². The van der Waals surface area contributed by atoms with E-state index in [0.717, 1.165) is 12.8 Å². The number of nitrogens with zero attached hydrogens (tertiary/aromatic N) is 2. The molecule has 0 aromatic heterocycles. The molecule has 6 heteroatoms. The lowest BCUT2D eigenvalue weighted by atomic mass is 10.1. The van der Waals surface area contributed by atoms with Crippen LogP contribution in [0.2, 0.25) is 0 Å². The minimum atomic E-state index is -3.32. The quantitative estimate of drug-likeness (QED) is 0.749. The zero-order chi connectivity index (χ0) is 11.6. The molecule has 0 bridgehead atoms. The molecule has 0 radical (unpaired) electrons. The summed E-state index contributed by atoms with van der Waals surface area (Å²) >= 11 is 0. The summed E-state index contributed by atoms with van der Waals surface area (Å²) < 4.78 is 26.5. The van der Waals surface area contributed by atoms with Crippen LogP contribution in [0.15, 0.2) is 0 Å². The minimum absolute atomic E-state index is 0.0441. The highest BCUT2D eigenvalue weighted by Gasteiger charge is 2.35. The van der Waals surface area contributed by atoms with Crippen molar-refractivity contribution >= 4 is 10.2 Å². The van der Waals surface area contributed by atoms with Gasteiger partial charge in [0.25, 0.3) is 10.2 Å². The zero-order valence-electron chi connectivity index (χ0n) is 9.55. The van der Waals surface area contributed by atoms with Gasteiger partial charge in [-0.25, -0.2) is 0 Å². The molecule has 2 unspecified atom stereocenters. The first-order valence-corrected chi connectivity index (χ1v) is 6.62. The lowest BCUT2D eigenvalue weighted by molar-refractivity contribution is 0.156. The summed E-state index contributed by atoms with van der Waals surface area (Å²) in [6, 6.07) is -0.0441. The van der Waals surface area contributed by atoms with Crippen molar-refractivity contribution in [2.24, 2.45) is 0 Å². The highest BCUT2D eigenvalue weighted by Crippen LogP contribution is 2.25. The largest absolute Gasteiger partial charge is 0.393 e. The maximum atomic E-state index is 11.9. The molecule has 5 nitrogen and oxygen atoms in total. The van der Waals surface area contributed by atoms with E-state index in [1.165, 1.54) is 22.7 Å². The molecule has 1 heterocycles. The van der Waals surface area contributed by atoms with Crippen molar-refractivity contribution in [3.8, 4) is 0 Å². The lowest BCUT2D eigenvalue weighted by Crippen LogP contribution is -2.43. The Hall–Kier alpha value is -0.170. The molecule has 1 aliphatic heterocycles. The molecule has 15 heavy (non-hydrogen) atoms. The van der Waals surface area contributed by atoms with Crippen LogP contribution in [0, 0.1) is 0 Å². The van der Waals surface area contributed by atoms with Gasteiger partial charge in [0.1, 0.15) is 0 Å². The van der Waals surface area contributed by atoms with Crippen molar-refractivity contribution < 1.29 is 13.5 Å². The van der Waals surface area contributed by atoms with E-state index < -0.39 is 16.3 Å². The molecule has 1 fully saturated rings. The summed E-state index contributed by atoms with van der Waals surface area (Å²) in [5, 5.41) is 9.30. The Labute approximate surface area is 91.9 Å². The van der Waals surface area contributed by atoms with Gasteiger partial charge in [0.2, 0.25) is 0 Å². The average Bonchev–Trinajstić information content (AvgIpc) is 2.51. The smallest absolute Gasteiger partial charge is 0.281 e. The molecule has 1 rings (SSSR count). The Morgan fingerprint density at radius 2 is 2.13 bits per heavy atom. The zero-order valence-corrected chi connectivity index (χ0v) is 10.4. The number of hydrogen-bond donors (Lipinski definition) is 1. The topological polar surface area (TPSA) is 60.9 Å². The predicted octanol–water partition coefficient (Wildman–Crippen LogP) is 0.0281. The van der Waals surface area contributed by atoms with Gasteiger partial charge >= 0.3 is 0 Å². The van der Waals surface area contributed by atoms with Gasteiger partial charge in [0.15, 0.2) is 0 Å². The summed E-state index contributed by atoms with van der Waals surface area (Å²) in [6.45, 7) is 2.26. The summed E-state index contributed by atoms with van der Waals surface area (Å²) in [4.78, 5) is 0. The molecule has 1 aliphatic rings. The Morgan fingerprint density at radius 1 is 1.53 bits per heavy atom. The van der Waals surface area contributed by atoms with Crippen LogP contribution in [0.25, 0.3) is 0 Å². The Kier molecular flexibility index (Phi) is 4.11. The SMILES string of the molecule is CC(O)CC1CCCN1S(=O)(=O)N(C)C. The highest BCUT2D eigenvalue weighted by molar-refractivity contribution is 7.86. The van der Waals surface area contributed by atoms with Gasteiger partial charge in [-0.3, -0.25) is 0 Å². The van der Waals surface area contributed by atoms with Crippen LogP contribution in [-0.4, -0.2) is 54.9 Å². The van der Waals surface area contributed by atoms with Crippen LogP contribution in [-0.2, 0) is 10.2 Å². The van der Waals surface area contributed by atoms with Crippen LogP contribution in [0.4, 0.5) is 0 Å². The molecule has 0 amide bonds. The predicted molar refractivity (Wildman–Crippen MR) is 58.6 cm³/mol. The summed E-state index contributed by atoms with van der Waals surface area (Å²) in [5.41, 5.74) is 0. The molecule has 0 aliphatic carbocycles. The number of hydrogen-bond acceptors (Lipinski definition) is 3. The molecule has 2 atom stereocenters. The molecule has 0 aromatic carbocycles. The van der Waals surface area contributed by atoms with Crippen molar-refractivity contribution in [3.63, 3.8) is 0 Å². The van der Waals surface area contributed by atoms with Crippen molar-refractivity contribution in [3.05, 3.63) is 0 Å². The molecule has 1 N–H and O–H groups in total. The van der Waals surface area contributed by atoms with Crippen LogP contribution in [0.5, 0.6) is 0 Å². The normalized spacial score (nSPS) is 26.1. The third kappa shape index (κ3) is 2.90. The first-order valence-electron chi connectivity index (χ1n) is 5.23. The van der Waals surface area contributed by atoms with Gasteiger partial charge < -0.3 is 5.11 Å². The average molecular weight is 236 g/mol. The maximum Gasteiger partial charge on any atom is 0.281 e. The van der Waals surface area contributed by atoms with Crippen LogP contribution < -0.4 is 0 Å². The van der Waals surface area contributed by atoms with Crippen molar-refractivity contribution in [1.29, 1.82) is 0 Å². The van der Waals surface area contributed by atoms with Crippen molar-refractivity contribution in [1.82, 2.24) is 8.61 Å². The molecule has 1 saturated heterocycles. The van der Waals surface area contributed by atoms with E-state index in [1.807, 2.05) is 0 Å². The van der Waals surface area contributed by atoms with E-state index >= 15 is 0 Å². The minimum Gasteiger partial charge on any atom is -0.393 e. The van der Waals surface area contributed by atoms with Gasteiger partial charge in [-0.15, -0.1) is 0 Å². The fourth-order valence-corrected chi connectivity index (χ4v) is 3.30. The summed E-state index contributed by atoms with van der Waals surface area (Å²) in [7, 11) is -0.246. The van der Waals surface area contributed by atoms with E-state index in [0.29, 0.717) is 13.0 Å². The highest BCUT2D eigenvalue weighted by atomic mass is 32.2. The van der Waals surface area contributed by atoms with Gasteiger partial charge in [-0.2, -0.15) is 17.0 Å². The number of aliphatic hydroxyl groups excluding tert-OH is 1. The third-order valence-corrected chi connectivity index (χ3v) is 4.69. The van der Waals surface area contributed by atoms with E-state index in [9.17, 15) is 13.5 Å². The van der Waals surface area contributed by atoms with Crippen molar-refractivity contribution in [2.45, 2.75) is 38.3 Å². The summed E-state index contributed by atoms with van der Waals surface area (Å²) in [6.07, 6.45) is 1.79. The second-order valence-electron chi connectivity index (χ2n) is 4.28. The van der Waals surface area contributed by atoms with Crippen LogP contribution >= 0.6 is 0 Å². The second kappa shape index (κ2) is 4.78. The fourth-order valence-electron chi connectivity index (χ4n) is 1.95. The molecular weight excluding hydrogens is 216 g/mol. The van der Waals surface area contributed by atoms with E-state index in [4.69, 9.17) is 0 Å². The van der Waals surface area contributed by atoms with Crippen LogP contribution in [0.1, 0.15) is 26.2 Å². The molecule has 0 saturated carbocycles. The number of rotatable bonds is 4. The first-order chi connectivity index (χ1) is 6.85. The van der Waals surface area contributed by atoms with E-state index in [2.05, 4.69) is 0 Å².